The van der Waals surface area contributed by atoms with Gasteiger partial charge >= 0.3 is 6.61 Å². The topological polar surface area (TPSA) is 56.8 Å². The Labute approximate surface area is 157 Å². The molecule has 0 aliphatic heterocycles. The first-order valence-corrected chi connectivity index (χ1v) is 8.69. The summed E-state index contributed by atoms with van der Waals surface area (Å²) in [4.78, 5) is 12.4. The van der Waals surface area contributed by atoms with Gasteiger partial charge in [0.1, 0.15) is 5.75 Å². The van der Waals surface area contributed by atoms with E-state index in [9.17, 15) is 13.6 Å². The number of hydrogen-bond acceptors (Lipinski definition) is 4. The summed E-state index contributed by atoms with van der Waals surface area (Å²) < 4.78 is 40.1. The molecule has 27 heavy (non-hydrogen) atoms. The third-order valence-corrected chi connectivity index (χ3v) is 3.74. The van der Waals surface area contributed by atoms with E-state index >= 15 is 0 Å². The summed E-state index contributed by atoms with van der Waals surface area (Å²) in [6.45, 7) is 3.65. The monoisotopic (exact) mass is 379 g/mol. The van der Waals surface area contributed by atoms with E-state index < -0.39 is 12.5 Å². The van der Waals surface area contributed by atoms with Crippen LogP contribution in [0, 0.1) is 0 Å². The zero-order chi connectivity index (χ0) is 19.8. The number of ether oxygens (including phenoxy) is 3. The van der Waals surface area contributed by atoms with Gasteiger partial charge in [0.05, 0.1) is 19.3 Å². The van der Waals surface area contributed by atoms with Crippen molar-refractivity contribution in [3.05, 3.63) is 53.6 Å². The average molecular weight is 379 g/mol. The van der Waals surface area contributed by atoms with Crippen LogP contribution in [0.1, 0.15) is 42.7 Å². The normalized spacial score (nSPS) is 11.8. The summed E-state index contributed by atoms with van der Waals surface area (Å²) >= 11 is 0. The number of alkyl halides is 2. The molecule has 1 amide bonds. The largest absolute Gasteiger partial charge is 0.490 e. The van der Waals surface area contributed by atoms with Gasteiger partial charge in [-0.2, -0.15) is 8.78 Å². The van der Waals surface area contributed by atoms with Crippen LogP contribution in [0.15, 0.2) is 42.5 Å². The zero-order valence-electron chi connectivity index (χ0n) is 15.5. The number of amides is 1. The quantitative estimate of drug-likeness (QED) is 0.693. The molecule has 1 atom stereocenters. The summed E-state index contributed by atoms with van der Waals surface area (Å²) in [7, 11) is 0. The van der Waals surface area contributed by atoms with Crippen LogP contribution in [-0.4, -0.2) is 25.7 Å². The molecular formula is C20H23F2NO4. The number of carbonyl (C=O) groups is 1. The molecule has 0 aliphatic carbocycles. The predicted molar refractivity (Wildman–Crippen MR) is 97.7 cm³/mol. The van der Waals surface area contributed by atoms with Gasteiger partial charge in [-0.1, -0.05) is 12.1 Å². The summed E-state index contributed by atoms with van der Waals surface area (Å²) in [5.74, 6) is 0.780. The van der Waals surface area contributed by atoms with Crippen LogP contribution in [0.2, 0.25) is 0 Å². The van der Waals surface area contributed by atoms with Gasteiger partial charge in [-0.05, 0) is 56.7 Å². The van der Waals surface area contributed by atoms with Gasteiger partial charge in [0.25, 0.3) is 5.91 Å². The van der Waals surface area contributed by atoms with Crippen LogP contribution < -0.4 is 19.5 Å². The first-order valence-electron chi connectivity index (χ1n) is 8.69. The fourth-order valence-corrected chi connectivity index (χ4v) is 2.51. The number of halogens is 2. The maximum Gasteiger partial charge on any atom is 0.387 e. The Morgan fingerprint density at radius 3 is 2.41 bits per heavy atom. The Hall–Kier alpha value is -2.83. The van der Waals surface area contributed by atoms with Crippen molar-refractivity contribution < 1.29 is 27.8 Å². The molecule has 0 unspecified atom stereocenters. The highest BCUT2D eigenvalue weighted by Gasteiger charge is 2.15. The molecule has 5 nitrogen and oxygen atoms in total. The van der Waals surface area contributed by atoms with E-state index in [1.54, 1.807) is 6.07 Å². The first-order chi connectivity index (χ1) is 12.9. The molecule has 2 rings (SSSR count). The van der Waals surface area contributed by atoms with E-state index in [1.165, 1.54) is 24.3 Å². The average Bonchev–Trinajstić information content (AvgIpc) is 2.63. The molecule has 2 aromatic rings. The van der Waals surface area contributed by atoms with Crippen molar-refractivity contribution in [1.82, 2.24) is 5.32 Å². The molecule has 7 heteroatoms. The first kappa shape index (κ1) is 20.5. The van der Waals surface area contributed by atoms with Gasteiger partial charge in [0.2, 0.25) is 0 Å². The van der Waals surface area contributed by atoms with E-state index in [0.717, 1.165) is 5.56 Å². The van der Waals surface area contributed by atoms with Crippen molar-refractivity contribution in [2.75, 3.05) is 13.2 Å². The highest BCUT2D eigenvalue weighted by Crippen LogP contribution is 2.31. The number of hydrogen-bond donors (Lipinski definition) is 1. The van der Waals surface area contributed by atoms with Gasteiger partial charge < -0.3 is 19.5 Å². The van der Waals surface area contributed by atoms with Crippen LogP contribution in [0.4, 0.5) is 8.78 Å². The van der Waals surface area contributed by atoms with Crippen molar-refractivity contribution in [1.29, 1.82) is 0 Å². The molecule has 0 fully saturated rings. The highest BCUT2D eigenvalue weighted by molar-refractivity contribution is 5.94. The minimum absolute atomic E-state index is 0.0648. The van der Waals surface area contributed by atoms with E-state index in [1.807, 2.05) is 32.9 Å². The standard InChI is InChI=1S/C20H23F2NO4/c1-4-25-17-10-9-14(12-18(17)26-5-2)13(3)23-19(24)15-7-6-8-16(11-15)27-20(21)22/h6-13,20H,4-5H2,1-3H3,(H,23,24)/t13-/m1/s1. The van der Waals surface area contributed by atoms with Crippen LogP contribution in [-0.2, 0) is 0 Å². The number of nitrogens with one attached hydrogen (secondary N) is 1. The smallest absolute Gasteiger partial charge is 0.387 e. The predicted octanol–water partition coefficient (Wildman–Crippen LogP) is 4.58. The highest BCUT2D eigenvalue weighted by atomic mass is 19.3. The molecule has 0 bridgehead atoms. The minimum Gasteiger partial charge on any atom is -0.490 e. The summed E-state index contributed by atoms with van der Waals surface area (Å²) in [6, 6.07) is 10.8. The van der Waals surface area contributed by atoms with Crippen molar-refractivity contribution in [2.45, 2.75) is 33.4 Å². The van der Waals surface area contributed by atoms with E-state index in [2.05, 4.69) is 10.1 Å². The van der Waals surface area contributed by atoms with Crippen LogP contribution in [0.3, 0.4) is 0 Å². The van der Waals surface area contributed by atoms with E-state index in [0.29, 0.717) is 24.7 Å². The number of rotatable bonds is 9. The molecule has 0 saturated heterocycles. The SMILES string of the molecule is CCOc1ccc([C@@H](C)NC(=O)c2cccc(OC(F)F)c2)cc1OCC. The second-order valence-corrected chi connectivity index (χ2v) is 5.67. The van der Waals surface area contributed by atoms with Crippen molar-refractivity contribution in [3.63, 3.8) is 0 Å². The Balaban J connectivity index is 2.13. The van der Waals surface area contributed by atoms with Crippen LogP contribution >= 0.6 is 0 Å². The lowest BCUT2D eigenvalue weighted by Gasteiger charge is -2.18. The molecule has 0 spiro atoms. The van der Waals surface area contributed by atoms with Crippen molar-refractivity contribution in [2.24, 2.45) is 0 Å². The lowest BCUT2D eigenvalue weighted by Crippen LogP contribution is -2.26. The number of carbonyl (C=O) groups excluding carboxylic acids is 1. The van der Waals surface area contributed by atoms with Gasteiger partial charge in [-0.15, -0.1) is 0 Å². The van der Waals surface area contributed by atoms with Crippen LogP contribution in [0.5, 0.6) is 17.2 Å². The molecule has 0 radical (unpaired) electrons. The fraction of sp³-hybridized carbons (Fsp3) is 0.350. The third kappa shape index (κ3) is 5.84. The van der Waals surface area contributed by atoms with Gasteiger partial charge in [-0.3, -0.25) is 4.79 Å². The third-order valence-electron chi connectivity index (χ3n) is 3.74. The zero-order valence-corrected chi connectivity index (χ0v) is 15.5. The molecular weight excluding hydrogens is 356 g/mol. The lowest BCUT2D eigenvalue weighted by molar-refractivity contribution is -0.0498. The second kappa shape index (κ2) is 9.75. The summed E-state index contributed by atoms with van der Waals surface area (Å²) in [5.41, 5.74) is 1.06. The Bertz CT molecular complexity index is 767. The fourth-order valence-electron chi connectivity index (χ4n) is 2.51. The summed E-state index contributed by atoms with van der Waals surface area (Å²) in [5, 5.41) is 2.84. The van der Waals surface area contributed by atoms with Crippen LogP contribution in [0.25, 0.3) is 0 Å². The molecule has 1 N–H and O–H groups in total. The molecule has 0 saturated carbocycles. The Kier molecular flexibility index (Phi) is 7.40. The second-order valence-electron chi connectivity index (χ2n) is 5.67. The molecule has 0 aromatic heterocycles. The minimum atomic E-state index is -2.94. The number of benzene rings is 2. The Morgan fingerprint density at radius 2 is 1.74 bits per heavy atom. The Morgan fingerprint density at radius 1 is 1.04 bits per heavy atom. The van der Waals surface area contributed by atoms with E-state index in [-0.39, 0.29) is 17.4 Å². The molecule has 0 heterocycles. The van der Waals surface area contributed by atoms with Gasteiger partial charge in [0.15, 0.2) is 11.5 Å². The molecule has 0 aliphatic rings. The molecule has 2 aromatic carbocycles. The molecule has 146 valence electrons. The van der Waals surface area contributed by atoms with Gasteiger partial charge in [-0.25, -0.2) is 0 Å². The maximum atomic E-state index is 12.4. The summed E-state index contributed by atoms with van der Waals surface area (Å²) in [6.07, 6.45) is 0. The van der Waals surface area contributed by atoms with Gasteiger partial charge in [0, 0.05) is 5.56 Å². The maximum absolute atomic E-state index is 12.4. The van der Waals surface area contributed by atoms with Crippen molar-refractivity contribution >= 4 is 5.91 Å². The van der Waals surface area contributed by atoms with Crippen molar-refractivity contribution in [3.8, 4) is 17.2 Å². The van der Waals surface area contributed by atoms with E-state index in [4.69, 9.17) is 9.47 Å². The lowest BCUT2D eigenvalue weighted by atomic mass is 10.1.